The number of hydrogen-bond donors (Lipinski definition) is 2. The number of carbonyl (C=O) groups excluding carboxylic acids is 1. The zero-order valence-electron chi connectivity index (χ0n) is 13.1. The van der Waals surface area contributed by atoms with Gasteiger partial charge in [-0.1, -0.05) is 42.5 Å². The molecule has 2 atom stereocenters. The number of hydrogen-bond acceptors (Lipinski definition) is 3. The standard InChI is InChI=1S/C19H19NO4/c21-15-8-6-13(7-9-15)10-18(22)20-11-16(17(12-20)19(23)24)14-4-2-1-3-5-14/h1-9,16-17,21H,10-12H2,(H,23,24)/t16-,17-/m1/s1. The molecule has 5 nitrogen and oxygen atoms in total. The van der Waals surface area contributed by atoms with E-state index in [1.54, 1.807) is 29.2 Å². The third-order valence-corrected chi connectivity index (χ3v) is 4.51. The predicted molar refractivity (Wildman–Crippen MR) is 88.7 cm³/mol. The minimum Gasteiger partial charge on any atom is -0.508 e. The molecule has 1 fully saturated rings. The van der Waals surface area contributed by atoms with Crippen LogP contribution in [0.15, 0.2) is 54.6 Å². The summed E-state index contributed by atoms with van der Waals surface area (Å²) in [6.07, 6.45) is 0.203. The van der Waals surface area contributed by atoms with Crippen LogP contribution in [0.2, 0.25) is 0 Å². The molecule has 3 rings (SSSR count). The molecular formula is C19H19NO4. The van der Waals surface area contributed by atoms with Gasteiger partial charge in [-0.3, -0.25) is 9.59 Å². The Morgan fingerprint density at radius 1 is 1.00 bits per heavy atom. The Labute approximate surface area is 140 Å². The normalized spacial score (nSPS) is 20.1. The molecule has 2 N–H and O–H groups in total. The number of aromatic hydroxyl groups is 1. The second-order valence-corrected chi connectivity index (χ2v) is 6.10. The van der Waals surface area contributed by atoms with Gasteiger partial charge in [0.2, 0.25) is 5.91 Å². The van der Waals surface area contributed by atoms with E-state index in [9.17, 15) is 19.8 Å². The number of phenolic OH excluding ortho intramolecular Hbond substituents is 1. The zero-order valence-corrected chi connectivity index (χ0v) is 13.1. The molecule has 0 unspecified atom stereocenters. The Morgan fingerprint density at radius 2 is 1.67 bits per heavy atom. The largest absolute Gasteiger partial charge is 0.508 e. The maximum Gasteiger partial charge on any atom is 0.308 e. The van der Waals surface area contributed by atoms with Gasteiger partial charge in [-0.05, 0) is 23.3 Å². The first kappa shape index (κ1) is 16.1. The molecule has 124 valence electrons. The van der Waals surface area contributed by atoms with E-state index in [1.165, 1.54) is 0 Å². The second kappa shape index (κ2) is 6.74. The van der Waals surface area contributed by atoms with Gasteiger partial charge < -0.3 is 15.1 Å². The molecule has 0 aliphatic carbocycles. The third-order valence-electron chi connectivity index (χ3n) is 4.51. The van der Waals surface area contributed by atoms with E-state index in [0.29, 0.717) is 6.54 Å². The average Bonchev–Trinajstić information content (AvgIpc) is 3.03. The van der Waals surface area contributed by atoms with Crippen LogP contribution in [0.5, 0.6) is 5.75 Å². The summed E-state index contributed by atoms with van der Waals surface area (Å²) in [5.41, 5.74) is 1.75. The van der Waals surface area contributed by atoms with Crippen LogP contribution in [-0.2, 0) is 16.0 Å². The summed E-state index contributed by atoms with van der Waals surface area (Å²) in [5, 5.41) is 18.8. The SMILES string of the molecule is O=C(O)[C@@H]1CN(C(=O)Cc2ccc(O)cc2)C[C@@H]1c1ccccc1. The first-order valence-corrected chi connectivity index (χ1v) is 7.88. The number of nitrogens with zero attached hydrogens (tertiary/aromatic N) is 1. The molecule has 0 radical (unpaired) electrons. The Bertz CT molecular complexity index is 727. The van der Waals surface area contributed by atoms with E-state index in [4.69, 9.17) is 0 Å². The number of benzene rings is 2. The fraction of sp³-hybridized carbons (Fsp3) is 0.263. The molecule has 1 aliphatic heterocycles. The van der Waals surface area contributed by atoms with Gasteiger partial charge in [-0.2, -0.15) is 0 Å². The lowest BCUT2D eigenvalue weighted by Gasteiger charge is -2.16. The van der Waals surface area contributed by atoms with Crippen molar-refractivity contribution >= 4 is 11.9 Å². The number of rotatable bonds is 4. The molecule has 0 bridgehead atoms. The summed E-state index contributed by atoms with van der Waals surface area (Å²) >= 11 is 0. The topological polar surface area (TPSA) is 77.8 Å². The minimum atomic E-state index is -0.871. The molecule has 0 aromatic heterocycles. The van der Waals surface area contributed by atoms with Crippen molar-refractivity contribution in [1.82, 2.24) is 4.90 Å². The second-order valence-electron chi connectivity index (χ2n) is 6.10. The van der Waals surface area contributed by atoms with Crippen molar-refractivity contribution in [1.29, 1.82) is 0 Å². The van der Waals surface area contributed by atoms with Crippen molar-refractivity contribution in [3.05, 3.63) is 65.7 Å². The van der Waals surface area contributed by atoms with Crippen molar-refractivity contribution in [3.8, 4) is 5.75 Å². The van der Waals surface area contributed by atoms with Crippen LogP contribution in [0.1, 0.15) is 17.0 Å². The number of carboxylic acids is 1. The summed E-state index contributed by atoms with van der Waals surface area (Å²) in [6.45, 7) is 0.643. The molecule has 5 heteroatoms. The summed E-state index contributed by atoms with van der Waals surface area (Å²) in [4.78, 5) is 25.7. The minimum absolute atomic E-state index is 0.0922. The van der Waals surface area contributed by atoms with E-state index in [2.05, 4.69) is 0 Å². The number of amides is 1. The van der Waals surface area contributed by atoms with Gasteiger partial charge in [0.15, 0.2) is 0 Å². The molecule has 2 aromatic rings. The Hall–Kier alpha value is -2.82. The van der Waals surface area contributed by atoms with Gasteiger partial charge in [0.1, 0.15) is 5.75 Å². The summed E-state index contributed by atoms with van der Waals surface area (Å²) in [5.74, 6) is -1.58. The van der Waals surface area contributed by atoms with Crippen LogP contribution < -0.4 is 0 Å². The molecule has 1 amide bonds. The smallest absolute Gasteiger partial charge is 0.308 e. The summed E-state index contributed by atoms with van der Waals surface area (Å²) in [7, 11) is 0. The van der Waals surface area contributed by atoms with Crippen molar-refractivity contribution in [3.63, 3.8) is 0 Å². The van der Waals surface area contributed by atoms with Gasteiger partial charge in [-0.25, -0.2) is 0 Å². The van der Waals surface area contributed by atoms with Gasteiger partial charge in [0.05, 0.1) is 12.3 Å². The predicted octanol–water partition coefficient (Wildman–Crippen LogP) is 2.26. The van der Waals surface area contributed by atoms with Crippen molar-refractivity contribution in [2.45, 2.75) is 12.3 Å². The highest BCUT2D eigenvalue weighted by atomic mass is 16.4. The summed E-state index contributed by atoms with van der Waals surface area (Å²) in [6, 6.07) is 16.0. The number of carbonyl (C=O) groups is 2. The Balaban J connectivity index is 1.74. The van der Waals surface area contributed by atoms with Crippen LogP contribution >= 0.6 is 0 Å². The van der Waals surface area contributed by atoms with Crippen molar-refractivity contribution in [2.75, 3.05) is 13.1 Å². The highest BCUT2D eigenvalue weighted by molar-refractivity contribution is 5.81. The quantitative estimate of drug-likeness (QED) is 0.904. The Morgan fingerprint density at radius 3 is 2.29 bits per heavy atom. The van der Waals surface area contributed by atoms with Crippen LogP contribution in [0.25, 0.3) is 0 Å². The highest BCUT2D eigenvalue weighted by Crippen LogP contribution is 2.33. The van der Waals surface area contributed by atoms with E-state index in [0.717, 1.165) is 11.1 Å². The zero-order chi connectivity index (χ0) is 17.1. The van der Waals surface area contributed by atoms with E-state index < -0.39 is 11.9 Å². The van der Waals surface area contributed by atoms with Crippen molar-refractivity contribution < 1.29 is 19.8 Å². The molecule has 1 saturated heterocycles. The highest BCUT2D eigenvalue weighted by Gasteiger charge is 2.40. The van der Waals surface area contributed by atoms with Crippen LogP contribution in [-0.4, -0.2) is 40.1 Å². The molecule has 24 heavy (non-hydrogen) atoms. The van der Waals surface area contributed by atoms with Gasteiger partial charge in [-0.15, -0.1) is 0 Å². The van der Waals surface area contributed by atoms with Crippen LogP contribution in [0.3, 0.4) is 0 Å². The average molecular weight is 325 g/mol. The van der Waals surface area contributed by atoms with Crippen molar-refractivity contribution in [2.24, 2.45) is 5.92 Å². The van der Waals surface area contributed by atoms with E-state index >= 15 is 0 Å². The maximum absolute atomic E-state index is 12.5. The van der Waals surface area contributed by atoms with E-state index in [-0.39, 0.29) is 30.5 Å². The summed E-state index contributed by atoms with van der Waals surface area (Å²) < 4.78 is 0. The number of carboxylic acid groups (broad SMARTS) is 1. The molecule has 0 spiro atoms. The van der Waals surface area contributed by atoms with Crippen LogP contribution in [0.4, 0.5) is 0 Å². The van der Waals surface area contributed by atoms with Gasteiger partial charge in [0, 0.05) is 19.0 Å². The monoisotopic (exact) mass is 325 g/mol. The molecule has 2 aromatic carbocycles. The molecule has 1 aliphatic rings. The third kappa shape index (κ3) is 3.40. The fourth-order valence-corrected chi connectivity index (χ4v) is 3.20. The lowest BCUT2D eigenvalue weighted by atomic mass is 9.89. The lowest BCUT2D eigenvalue weighted by Crippen LogP contribution is -2.31. The molecule has 0 saturated carbocycles. The van der Waals surface area contributed by atoms with Crippen LogP contribution in [0, 0.1) is 5.92 Å². The van der Waals surface area contributed by atoms with Gasteiger partial charge >= 0.3 is 5.97 Å². The maximum atomic E-state index is 12.5. The number of phenols is 1. The molecular weight excluding hydrogens is 306 g/mol. The molecule has 1 heterocycles. The first-order valence-electron chi connectivity index (χ1n) is 7.88. The lowest BCUT2D eigenvalue weighted by molar-refractivity contribution is -0.141. The Kier molecular flexibility index (Phi) is 4.51. The number of aliphatic carboxylic acids is 1. The number of likely N-dealkylation sites (tertiary alicyclic amines) is 1. The fourth-order valence-electron chi connectivity index (χ4n) is 3.20. The van der Waals surface area contributed by atoms with Gasteiger partial charge in [0.25, 0.3) is 0 Å². The van der Waals surface area contributed by atoms with E-state index in [1.807, 2.05) is 30.3 Å². The first-order chi connectivity index (χ1) is 11.5.